The quantitative estimate of drug-likeness (QED) is 0.906. The Morgan fingerprint density at radius 2 is 1.85 bits per heavy atom. The van der Waals surface area contributed by atoms with Gasteiger partial charge in [-0.05, 0) is 37.1 Å². The van der Waals surface area contributed by atoms with E-state index in [1.165, 1.54) is 0 Å². The molecule has 1 aliphatic rings. The van der Waals surface area contributed by atoms with Crippen molar-refractivity contribution in [3.8, 4) is 11.1 Å². The SMILES string of the molecule is CC1=N[C@](C)(c2cccc(-c3cccnc3)c2)N=C1N. The summed E-state index contributed by atoms with van der Waals surface area (Å²) in [6.45, 7) is 3.85. The van der Waals surface area contributed by atoms with Crippen LogP contribution in [0.4, 0.5) is 0 Å². The van der Waals surface area contributed by atoms with Gasteiger partial charge in [-0.3, -0.25) is 9.98 Å². The van der Waals surface area contributed by atoms with Gasteiger partial charge in [0.05, 0.1) is 5.71 Å². The Hall–Kier alpha value is -2.49. The second kappa shape index (κ2) is 4.56. The van der Waals surface area contributed by atoms with Crippen molar-refractivity contribution < 1.29 is 0 Å². The lowest BCUT2D eigenvalue weighted by Gasteiger charge is -2.18. The number of aliphatic imine (C=N–C) groups is 2. The van der Waals surface area contributed by atoms with E-state index in [0.717, 1.165) is 22.4 Å². The Morgan fingerprint density at radius 1 is 1.05 bits per heavy atom. The molecule has 2 aromatic rings. The standard InChI is InChI=1S/C16H16N4/c1-11-15(17)20-16(2,19-11)14-7-3-5-12(9-14)13-6-4-8-18-10-13/h3-10H,1-2H3,(H2,17,20)/t16-/m0/s1. The summed E-state index contributed by atoms with van der Waals surface area (Å²) in [5, 5.41) is 0. The molecule has 2 N–H and O–H groups in total. The van der Waals surface area contributed by atoms with Gasteiger partial charge in [0.25, 0.3) is 0 Å². The lowest BCUT2D eigenvalue weighted by Crippen LogP contribution is -2.18. The topological polar surface area (TPSA) is 63.6 Å². The normalized spacial score (nSPS) is 21.5. The number of rotatable bonds is 2. The molecule has 4 heteroatoms. The van der Waals surface area contributed by atoms with Gasteiger partial charge in [0.1, 0.15) is 5.84 Å². The van der Waals surface area contributed by atoms with Crippen molar-refractivity contribution in [3.63, 3.8) is 0 Å². The number of hydrogen-bond acceptors (Lipinski definition) is 4. The van der Waals surface area contributed by atoms with Crippen molar-refractivity contribution in [2.24, 2.45) is 15.7 Å². The fourth-order valence-electron chi connectivity index (χ4n) is 2.38. The first-order valence-corrected chi connectivity index (χ1v) is 6.51. The van der Waals surface area contributed by atoms with Gasteiger partial charge in [-0.25, -0.2) is 4.99 Å². The van der Waals surface area contributed by atoms with Gasteiger partial charge in [0, 0.05) is 18.0 Å². The predicted octanol–water partition coefficient (Wildman–Crippen LogP) is 2.75. The van der Waals surface area contributed by atoms with E-state index < -0.39 is 5.66 Å². The zero-order valence-corrected chi connectivity index (χ0v) is 11.5. The van der Waals surface area contributed by atoms with Gasteiger partial charge < -0.3 is 5.73 Å². The van der Waals surface area contributed by atoms with E-state index in [9.17, 15) is 0 Å². The molecule has 0 saturated carbocycles. The summed E-state index contributed by atoms with van der Waals surface area (Å²) in [7, 11) is 0. The maximum absolute atomic E-state index is 5.85. The van der Waals surface area contributed by atoms with E-state index in [0.29, 0.717) is 5.84 Å². The summed E-state index contributed by atoms with van der Waals surface area (Å²) in [5.41, 5.74) is 9.23. The highest BCUT2D eigenvalue weighted by atomic mass is 15.2. The number of hydrogen-bond donors (Lipinski definition) is 1. The Bertz CT molecular complexity index is 683. The molecule has 0 bridgehead atoms. The third-order valence-corrected chi connectivity index (χ3v) is 3.50. The monoisotopic (exact) mass is 264 g/mol. The van der Waals surface area contributed by atoms with Crippen LogP contribution in [0.3, 0.4) is 0 Å². The average Bonchev–Trinajstić information content (AvgIpc) is 2.74. The van der Waals surface area contributed by atoms with E-state index in [1.54, 1.807) is 6.20 Å². The molecule has 1 aromatic heterocycles. The Kier molecular flexibility index (Phi) is 2.86. The molecule has 1 atom stereocenters. The zero-order chi connectivity index (χ0) is 14.2. The molecule has 100 valence electrons. The van der Waals surface area contributed by atoms with Crippen molar-refractivity contribution in [1.29, 1.82) is 0 Å². The average molecular weight is 264 g/mol. The van der Waals surface area contributed by atoms with Crippen LogP contribution in [0.1, 0.15) is 19.4 Å². The number of amidine groups is 1. The minimum atomic E-state index is -0.619. The van der Waals surface area contributed by atoms with Crippen molar-refractivity contribution in [2.75, 3.05) is 0 Å². The number of benzene rings is 1. The zero-order valence-electron chi connectivity index (χ0n) is 11.5. The maximum Gasteiger partial charge on any atom is 0.175 e. The van der Waals surface area contributed by atoms with E-state index in [2.05, 4.69) is 27.1 Å². The summed E-state index contributed by atoms with van der Waals surface area (Å²) in [4.78, 5) is 13.2. The molecule has 4 nitrogen and oxygen atoms in total. The van der Waals surface area contributed by atoms with Gasteiger partial charge in [0.2, 0.25) is 0 Å². The van der Waals surface area contributed by atoms with Crippen LogP contribution >= 0.6 is 0 Å². The molecule has 1 aliphatic heterocycles. The second-order valence-corrected chi connectivity index (χ2v) is 5.04. The third kappa shape index (κ3) is 2.09. The number of pyridine rings is 1. The van der Waals surface area contributed by atoms with E-state index >= 15 is 0 Å². The van der Waals surface area contributed by atoms with Crippen LogP contribution in [0.15, 0.2) is 58.8 Å². The molecule has 2 heterocycles. The van der Waals surface area contributed by atoms with Crippen LogP contribution in [0.5, 0.6) is 0 Å². The molecule has 0 unspecified atom stereocenters. The molecule has 3 rings (SSSR count). The highest BCUT2D eigenvalue weighted by molar-refractivity contribution is 6.41. The fourth-order valence-corrected chi connectivity index (χ4v) is 2.38. The Balaban J connectivity index is 2.06. The summed E-state index contributed by atoms with van der Waals surface area (Å²) in [6, 6.07) is 12.2. The fraction of sp³-hybridized carbons (Fsp3) is 0.188. The molecule has 0 aliphatic carbocycles. The number of nitrogens with zero attached hydrogens (tertiary/aromatic N) is 3. The Morgan fingerprint density at radius 3 is 2.50 bits per heavy atom. The van der Waals surface area contributed by atoms with E-state index in [1.807, 2.05) is 44.3 Å². The molecule has 0 spiro atoms. The van der Waals surface area contributed by atoms with E-state index in [4.69, 9.17) is 5.73 Å². The van der Waals surface area contributed by atoms with Gasteiger partial charge in [0.15, 0.2) is 5.66 Å². The molecule has 20 heavy (non-hydrogen) atoms. The first-order chi connectivity index (χ1) is 9.58. The highest BCUT2D eigenvalue weighted by Crippen LogP contribution is 2.33. The van der Waals surface area contributed by atoms with E-state index in [-0.39, 0.29) is 0 Å². The van der Waals surface area contributed by atoms with Crippen LogP contribution in [0.25, 0.3) is 11.1 Å². The highest BCUT2D eigenvalue weighted by Gasteiger charge is 2.30. The van der Waals surface area contributed by atoms with Crippen LogP contribution in [-0.4, -0.2) is 16.5 Å². The molecule has 1 aromatic carbocycles. The van der Waals surface area contributed by atoms with Gasteiger partial charge in [-0.15, -0.1) is 0 Å². The smallest absolute Gasteiger partial charge is 0.175 e. The third-order valence-electron chi connectivity index (χ3n) is 3.50. The van der Waals surface area contributed by atoms with Crippen LogP contribution in [0, 0.1) is 0 Å². The lowest BCUT2D eigenvalue weighted by molar-refractivity contribution is 0.540. The van der Waals surface area contributed by atoms with Crippen molar-refractivity contribution in [1.82, 2.24) is 4.98 Å². The van der Waals surface area contributed by atoms with Crippen LogP contribution < -0.4 is 5.73 Å². The van der Waals surface area contributed by atoms with Gasteiger partial charge >= 0.3 is 0 Å². The minimum Gasteiger partial charge on any atom is -0.382 e. The molecule has 0 saturated heterocycles. The summed E-state index contributed by atoms with van der Waals surface area (Å²) >= 11 is 0. The maximum atomic E-state index is 5.85. The van der Waals surface area contributed by atoms with Gasteiger partial charge in [-0.1, -0.05) is 24.3 Å². The number of nitrogens with two attached hydrogens (primary N) is 1. The predicted molar refractivity (Wildman–Crippen MR) is 81.8 cm³/mol. The second-order valence-electron chi connectivity index (χ2n) is 5.04. The number of aromatic nitrogens is 1. The largest absolute Gasteiger partial charge is 0.382 e. The molecule has 0 fully saturated rings. The summed E-state index contributed by atoms with van der Waals surface area (Å²) in [6.07, 6.45) is 3.62. The lowest BCUT2D eigenvalue weighted by atomic mass is 9.98. The molecular formula is C16H16N4. The van der Waals surface area contributed by atoms with Crippen molar-refractivity contribution >= 4 is 11.5 Å². The molecular weight excluding hydrogens is 248 g/mol. The van der Waals surface area contributed by atoms with Crippen LogP contribution in [0.2, 0.25) is 0 Å². The molecule has 0 amide bonds. The van der Waals surface area contributed by atoms with Crippen LogP contribution in [-0.2, 0) is 5.66 Å². The van der Waals surface area contributed by atoms with Crippen molar-refractivity contribution in [3.05, 3.63) is 54.4 Å². The first kappa shape index (κ1) is 12.5. The molecule has 0 radical (unpaired) electrons. The minimum absolute atomic E-state index is 0.513. The summed E-state index contributed by atoms with van der Waals surface area (Å²) < 4.78 is 0. The van der Waals surface area contributed by atoms with Crippen molar-refractivity contribution in [2.45, 2.75) is 19.5 Å². The van der Waals surface area contributed by atoms with Gasteiger partial charge in [-0.2, -0.15) is 0 Å². The summed E-state index contributed by atoms with van der Waals surface area (Å²) in [5.74, 6) is 0.513. The Labute approximate surface area is 118 Å². The first-order valence-electron chi connectivity index (χ1n) is 6.51.